The van der Waals surface area contributed by atoms with E-state index in [1.807, 2.05) is 0 Å². The number of hydrogen-bond acceptors (Lipinski definition) is 3. The van der Waals surface area contributed by atoms with Crippen molar-refractivity contribution in [1.82, 2.24) is 9.80 Å². The largest absolute Gasteiger partial charge is 0.292 e. The van der Waals surface area contributed by atoms with Gasteiger partial charge in [0.2, 0.25) is 12.8 Å². The van der Waals surface area contributed by atoms with Gasteiger partial charge in [-0.15, -0.1) is 0 Å². The average molecular weight is 130 g/mol. The van der Waals surface area contributed by atoms with Crippen LogP contribution in [0, 0.1) is 0 Å². The van der Waals surface area contributed by atoms with Crippen molar-refractivity contribution in [2.24, 2.45) is 0 Å². The van der Waals surface area contributed by atoms with Crippen LogP contribution in [0.4, 0.5) is 0 Å². The molecule has 0 heterocycles. The van der Waals surface area contributed by atoms with Crippen LogP contribution in [0.25, 0.3) is 0 Å². The first-order valence-corrected chi connectivity index (χ1v) is 2.51. The van der Waals surface area contributed by atoms with Crippen LogP contribution in [0.1, 0.15) is 0 Å². The molecule has 0 aliphatic rings. The van der Waals surface area contributed by atoms with Crippen molar-refractivity contribution < 1.29 is 9.59 Å². The van der Waals surface area contributed by atoms with Gasteiger partial charge in [-0.2, -0.15) is 0 Å². The first kappa shape index (κ1) is 8.10. The van der Waals surface area contributed by atoms with Gasteiger partial charge in [0.1, 0.15) is 0 Å². The molecule has 0 aromatic heterocycles. The lowest BCUT2D eigenvalue weighted by Crippen LogP contribution is -2.31. The second-order valence-corrected chi connectivity index (χ2v) is 1.95. The Balaban J connectivity index is 3.55. The van der Waals surface area contributed by atoms with Gasteiger partial charge < -0.3 is 0 Å². The van der Waals surface area contributed by atoms with Gasteiger partial charge >= 0.3 is 0 Å². The predicted molar refractivity (Wildman–Crippen MR) is 32.5 cm³/mol. The van der Waals surface area contributed by atoms with Crippen molar-refractivity contribution in [2.75, 3.05) is 20.8 Å². The van der Waals surface area contributed by atoms with E-state index < -0.39 is 0 Å². The predicted octanol–water partition coefficient (Wildman–Crippen LogP) is -0.880. The van der Waals surface area contributed by atoms with E-state index in [0.29, 0.717) is 19.5 Å². The van der Waals surface area contributed by atoms with Gasteiger partial charge in [-0.1, -0.05) is 0 Å². The molecule has 9 heavy (non-hydrogen) atoms. The molecule has 0 aliphatic carbocycles. The topological polar surface area (TPSA) is 40.6 Å². The summed E-state index contributed by atoms with van der Waals surface area (Å²) in [7, 11) is 3.56. The highest BCUT2D eigenvalue weighted by molar-refractivity contribution is 5.68. The fourth-order valence-corrected chi connectivity index (χ4v) is 0.418. The van der Waals surface area contributed by atoms with Crippen molar-refractivity contribution in [1.29, 1.82) is 0 Å². The van der Waals surface area contributed by atoms with Gasteiger partial charge in [-0.25, -0.2) is 0 Å². The molecule has 4 heteroatoms. The van der Waals surface area contributed by atoms with Crippen LogP contribution in [0.5, 0.6) is 0 Å². The van der Waals surface area contributed by atoms with Gasteiger partial charge in [0.05, 0.1) is 6.67 Å². The molecule has 0 saturated carbocycles. The molecular formula is C5H10N2O2. The minimum Gasteiger partial charge on any atom is -0.292 e. The summed E-state index contributed by atoms with van der Waals surface area (Å²) in [5, 5.41) is 0. The first-order valence-electron chi connectivity index (χ1n) is 2.51. The molecular weight excluding hydrogens is 120 g/mol. The highest BCUT2D eigenvalue weighted by Gasteiger charge is 1.97. The fourth-order valence-electron chi connectivity index (χ4n) is 0.418. The fraction of sp³-hybridized carbons (Fsp3) is 0.600. The van der Waals surface area contributed by atoms with E-state index in [1.165, 1.54) is 0 Å². The Bertz CT molecular complexity index is 95.1. The van der Waals surface area contributed by atoms with Crippen LogP contribution < -0.4 is 0 Å². The molecule has 0 aromatic rings. The zero-order valence-electron chi connectivity index (χ0n) is 5.57. The first-order chi connectivity index (χ1) is 4.20. The van der Waals surface area contributed by atoms with Crippen molar-refractivity contribution in [2.45, 2.75) is 0 Å². The summed E-state index contributed by atoms with van der Waals surface area (Å²) in [5.41, 5.74) is 0. The molecule has 2 amide bonds. The molecule has 0 fully saturated rings. The number of nitrogens with zero attached hydrogens (tertiary/aromatic N) is 2. The van der Waals surface area contributed by atoms with E-state index in [0.717, 1.165) is 4.90 Å². The van der Waals surface area contributed by atoms with Crippen molar-refractivity contribution in [3.05, 3.63) is 0 Å². The Kier molecular flexibility index (Phi) is 3.62. The third kappa shape index (κ3) is 3.66. The summed E-state index contributed by atoms with van der Waals surface area (Å²) >= 11 is 0. The van der Waals surface area contributed by atoms with Gasteiger partial charge in [-0.3, -0.25) is 19.4 Å². The number of imide groups is 1. The Labute approximate surface area is 54.0 Å². The number of hydrogen-bond donors (Lipinski definition) is 0. The van der Waals surface area contributed by atoms with Crippen LogP contribution in [0.2, 0.25) is 0 Å². The molecule has 0 spiro atoms. The van der Waals surface area contributed by atoms with E-state index in [4.69, 9.17) is 0 Å². The maximum absolute atomic E-state index is 9.94. The molecule has 0 saturated heterocycles. The van der Waals surface area contributed by atoms with Crippen LogP contribution in [0.15, 0.2) is 0 Å². The highest BCUT2D eigenvalue weighted by Crippen LogP contribution is 1.77. The third-order valence-electron chi connectivity index (χ3n) is 0.717. The van der Waals surface area contributed by atoms with Gasteiger partial charge in [0, 0.05) is 0 Å². The third-order valence-corrected chi connectivity index (χ3v) is 0.717. The molecule has 0 rings (SSSR count). The highest BCUT2D eigenvalue weighted by atomic mass is 16.2. The second kappa shape index (κ2) is 4.03. The molecule has 0 bridgehead atoms. The Morgan fingerprint density at radius 2 is 1.67 bits per heavy atom. The second-order valence-electron chi connectivity index (χ2n) is 1.95. The zero-order valence-corrected chi connectivity index (χ0v) is 5.57. The smallest absolute Gasteiger partial charge is 0.217 e. The summed E-state index contributed by atoms with van der Waals surface area (Å²) < 4.78 is 0. The molecule has 0 aromatic carbocycles. The number of carbonyl (C=O) groups excluding carboxylic acids is 2. The standard InChI is InChI=1S/C5H10N2O2/c1-6(2)3-7(4-8)5-9/h4-5H,3H2,1-2H3. The van der Waals surface area contributed by atoms with Crippen LogP contribution in [-0.4, -0.2) is 43.4 Å². The summed E-state index contributed by atoms with van der Waals surface area (Å²) in [6.45, 7) is 0.340. The molecule has 0 atom stereocenters. The lowest BCUT2D eigenvalue weighted by atomic mass is 10.8. The van der Waals surface area contributed by atoms with E-state index >= 15 is 0 Å². The molecule has 0 radical (unpaired) electrons. The summed E-state index contributed by atoms with van der Waals surface area (Å²) in [4.78, 5) is 22.6. The monoisotopic (exact) mass is 130 g/mol. The average Bonchev–Trinajstić information content (AvgIpc) is 1.82. The maximum atomic E-state index is 9.94. The van der Waals surface area contributed by atoms with Crippen LogP contribution in [-0.2, 0) is 9.59 Å². The van der Waals surface area contributed by atoms with Crippen molar-refractivity contribution in [3.8, 4) is 0 Å². The summed E-state index contributed by atoms with van der Waals surface area (Å²) in [6, 6.07) is 0. The number of amides is 2. The quantitative estimate of drug-likeness (QED) is 0.366. The maximum Gasteiger partial charge on any atom is 0.217 e. The van der Waals surface area contributed by atoms with E-state index in [-0.39, 0.29) is 0 Å². The molecule has 0 N–H and O–H groups in total. The Morgan fingerprint density at radius 3 is 1.78 bits per heavy atom. The molecule has 52 valence electrons. The van der Waals surface area contributed by atoms with E-state index in [9.17, 15) is 9.59 Å². The van der Waals surface area contributed by atoms with Gasteiger partial charge in [0.25, 0.3) is 0 Å². The molecule has 0 unspecified atom stereocenters. The van der Waals surface area contributed by atoms with Crippen LogP contribution >= 0.6 is 0 Å². The Hall–Kier alpha value is -0.900. The summed E-state index contributed by atoms with van der Waals surface area (Å²) in [6.07, 6.45) is 0.986. The SMILES string of the molecule is CN(C)CN(C=O)C=O. The van der Waals surface area contributed by atoms with Gasteiger partial charge in [0.15, 0.2) is 0 Å². The van der Waals surface area contributed by atoms with Gasteiger partial charge in [-0.05, 0) is 14.1 Å². The Morgan fingerprint density at radius 1 is 1.22 bits per heavy atom. The zero-order chi connectivity index (χ0) is 7.28. The van der Waals surface area contributed by atoms with E-state index in [1.54, 1.807) is 19.0 Å². The van der Waals surface area contributed by atoms with Crippen LogP contribution in [0.3, 0.4) is 0 Å². The number of rotatable bonds is 4. The van der Waals surface area contributed by atoms with Crippen molar-refractivity contribution >= 4 is 12.8 Å². The van der Waals surface area contributed by atoms with Crippen molar-refractivity contribution in [3.63, 3.8) is 0 Å². The minimum absolute atomic E-state index is 0.340. The normalized spacial score (nSPS) is 9.22. The minimum atomic E-state index is 0.340. The lowest BCUT2D eigenvalue weighted by molar-refractivity contribution is -0.131. The molecule has 4 nitrogen and oxygen atoms in total. The summed E-state index contributed by atoms with van der Waals surface area (Å²) in [5.74, 6) is 0. The number of carbonyl (C=O) groups is 2. The lowest BCUT2D eigenvalue weighted by Gasteiger charge is -2.13. The molecule has 0 aliphatic heterocycles. The van der Waals surface area contributed by atoms with E-state index in [2.05, 4.69) is 0 Å².